The van der Waals surface area contributed by atoms with E-state index in [1.807, 2.05) is 20.2 Å². The lowest BCUT2D eigenvalue weighted by Gasteiger charge is -2.14. The Morgan fingerprint density at radius 1 is 1.07 bits per heavy atom. The van der Waals surface area contributed by atoms with E-state index in [0.29, 0.717) is 31.2 Å². The fourth-order valence-corrected chi connectivity index (χ4v) is 2.90. The van der Waals surface area contributed by atoms with Gasteiger partial charge in [-0.1, -0.05) is 19.1 Å². The minimum atomic E-state index is -0.236. The molecule has 0 saturated carbocycles. The van der Waals surface area contributed by atoms with Gasteiger partial charge in [0, 0.05) is 44.0 Å². The van der Waals surface area contributed by atoms with Gasteiger partial charge < -0.3 is 9.64 Å². The van der Waals surface area contributed by atoms with E-state index in [2.05, 4.69) is 26.8 Å². The summed E-state index contributed by atoms with van der Waals surface area (Å²) in [6, 6.07) is 8.42. The summed E-state index contributed by atoms with van der Waals surface area (Å²) < 4.78 is 19.1. The summed E-state index contributed by atoms with van der Waals surface area (Å²) in [5, 5.41) is 0. The van der Waals surface area contributed by atoms with E-state index >= 15 is 0 Å². The van der Waals surface area contributed by atoms with Crippen LogP contribution in [0.2, 0.25) is 0 Å². The van der Waals surface area contributed by atoms with E-state index in [1.165, 1.54) is 12.1 Å². The lowest BCUT2D eigenvalue weighted by molar-refractivity contribution is 0.252. The molecule has 0 unspecified atom stereocenters. The van der Waals surface area contributed by atoms with Crippen LogP contribution >= 0.6 is 0 Å². The third-order valence-corrected chi connectivity index (χ3v) is 4.50. The van der Waals surface area contributed by atoms with Gasteiger partial charge in [-0.15, -0.1) is 0 Å². The van der Waals surface area contributed by atoms with E-state index in [-0.39, 0.29) is 11.7 Å². The maximum atomic E-state index is 13.2. The lowest BCUT2D eigenvalue weighted by atomic mass is 9.97. The highest BCUT2D eigenvalue weighted by Gasteiger charge is 2.13. The first kappa shape index (κ1) is 20.8. The molecule has 0 spiro atoms. The molecule has 0 aliphatic heterocycles. The first-order valence-corrected chi connectivity index (χ1v) is 9.64. The Balaban J connectivity index is 1.79. The fraction of sp³-hybridized carbons (Fsp3) is 0.364. The average Bonchev–Trinajstić information content (AvgIpc) is 2.69. The predicted octanol–water partition coefficient (Wildman–Crippen LogP) is 3.28. The van der Waals surface area contributed by atoms with Crippen molar-refractivity contribution in [3.8, 4) is 5.88 Å². The van der Waals surface area contributed by atoms with E-state index in [4.69, 9.17) is 9.72 Å². The summed E-state index contributed by atoms with van der Waals surface area (Å²) in [6.45, 7) is 3.42. The summed E-state index contributed by atoms with van der Waals surface area (Å²) in [4.78, 5) is 19.8. The molecule has 0 saturated heterocycles. The van der Waals surface area contributed by atoms with Crippen molar-refractivity contribution in [3.63, 3.8) is 0 Å². The number of halogens is 1. The predicted molar refractivity (Wildman–Crippen MR) is 109 cm³/mol. The standard InChI is InChI=1S/C22H26FN5O/c1-16(17-4-6-18(23)7-5-17)12-21-26-19(13-20-15-24-8-9-25-20)14-22(27-21)29-11-10-28(2)3/h4-9,14-16H,10-13H2,1-3H3/t16-/m1/s1. The van der Waals surface area contributed by atoms with Crippen LogP contribution in [0.5, 0.6) is 5.88 Å². The summed E-state index contributed by atoms with van der Waals surface area (Å²) in [7, 11) is 4.00. The molecular formula is C22H26FN5O. The molecule has 0 bridgehead atoms. The highest BCUT2D eigenvalue weighted by atomic mass is 19.1. The van der Waals surface area contributed by atoms with Crippen LogP contribution in [-0.4, -0.2) is 52.1 Å². The van der Waals surface area contributed by atoms with Gasteiger partial charge in [0.25, 0.3) is 0 Å². The van der Waals surface area contributed by atoms with Crippen LogP contribution in [0.4, 0.5) is 4.39 Å². The molecule has 0 aliphatic carbocycles. The molecule has 2 aromatic heterocycles. The number of hydrogen-bond acceptors (Lipinski definition) is 6. The van der Waals surface area contributed by atoms with Crippen molar-refractivity contribution in [2.75, 3.05) is 27.2 Å². The van der Waals surface area contributed by atoms with E-state index in [9.17, 15) is 4.39 Å². The largest absolute Gasteiger partial charge is 0.476 e. The molecule has 1 atom stereocenters. The summed E-state index contributed by atoms with van der Waals surface area (Å²) in [6.07, 6.45) is 6.23. The quantitative estimate of drug-likeness (QED) is 0.554. The third-order valence-electron chi connectivity index (χ3n) is 4.50. The highest BCUT2D eigenvalue weighted by Crippen LogP contribution is 2.21. The molecule has 0 amide bonds. The van der Waals surface area contributed by atoms with Crippen LogP contribution in [0.3, 0.4) is 0 Å². The van der Waals surface area contributed by atoms with Gasteiger partial charge in [0.1, 0.15) is 18.2 Å². The minimum Gasteiger partial charge on any atom is -0.476 e. The molecule has 0 N–H and O–H groups in total. The molecule has 29 heavy (non-hydrogen) atoms. The van der Waals surface area contributed by atoms with Crippen LogP contribution in [0.25, 0.3) is 0 Å². The number of likely N-dealkylation sites (N-methyl/N-ethyl adjacent to an activating group) is 1. The first-order valence-electron chi connectivity index (χ1n) is 9.64. The Morgan fingerprint density at radius 2 is 1.86 bits per heavy atom. The molecule has 7 heteroatoms. The van der Waals surface area contributed by atoms with Crippen LogP contribution in [0.15, 0.2) is 48.9 Å². The maximum Gasteiger partial charge on any atom is 0.216 e. The second-order valence-electron chi connectivity index (χ2n) is 7.30. The van der Waals surface area contributed by atoms with E-state index < -0.39 is 0 Å². The van der Waals surface area contributed by atoms with Gasteiger partial charge in [0.05, 0.1) is 11.4 Å². The molecule has 0 radical (unpaired) electrons. The zero-order chi connectivity index (χ0) is 20.6. The van der Waals surface area contributed by atoms with Crippen molar-refractivity contribution in [1.82, 2.24) is 24.8 Å². The molecular weight excluding hydrogens is 369 g/mol. The third kappa shape index (κ3) is 6.57. The Hall–Kier alpha value is -2.93. The number of aromatic nitrogens is 4. The SMILES string of the molecule is C[C@H](Cc1nc(Cc2cnccn2)cc(OCCN(C)C)n1)c1ccc(F)cc1. The number of benzene rings is 1. The number of hydrogen-bond donors (Lipinski definition) is 0. The molecule has 3 rings (SSSR count). The summed E-state index contributed by atoms with van der Waals surface area (Å²) in [5.74, 6) is 1.17. The van der Waals surface area contributed by atoms with Gasteiger partial charge in [-0.3, -0.25) is 9.97 Å². The van der Waals surface area contributed by atoms with Gasteiger partial charge >= 0.3 is 0 Å². The van der Waals surface area contributed by atoms with Gasteiger partial charge in [0.2, 0.25) is 5.88 Å². The summed E-state index contributed by atoms with van der Waals surface area (Å²) in [5.41, 5.74) is 2.72. The molecule has 1 aromatic carbocycles. The zero-order valence-corrected chi connectivity index (χ0v) is 17.0. The Bertz CT molecular complexity index is 903. The van der Waals surface area contributed by atoms with Crippen LogP contribution in [0.1, 0.15) is 35.6 Å². The van der Waals surface area contributed by atoms with E-state index in [0.717, 1.165) is 23.5 Å². The van der Waals surface area contributed by atoms with Crippen molar-refractivity contribution in [2.45, 2.75) is 25.7 Å². The first-order chi connectivity index (χ1) is 14.0. The lowest BCUT2D eigenvalue weighted by Crippen LogP contribution is -2.20. The maximum absolute atomic E-state index is 13.2. The van der Waals surface area contributed by atoms with Crippen molar-refractivity contribution in [1.29, 1.82) is 0 Å². The van der Waals surface area contributed by atoms with Crippen LogP contribution in [0, 0.1) is 5.82 Å². The molecule has 0 aliphatic rings. The number of nitrogens with zero attached hydrogens (tertiary/aromatic N) is 5. The molecule has 152 valence electrons. The highest BCUT2D eigenvalue weighted by molar-refractivity contribution is 5.24. The van der Waals surface area contributed by atoms with Crippen molar-refractivity contribution in [2.24, 2.45) is 0 Å². The minimum absolute atomic E-state index is 0.150. The topological polar surface area (TPSA) is 64.0 Å². The average molecular weight is 395 g/mol. The Kier molecular flexibility index (Phi) is 7.19. The molecule has 3 aromatic rings. The van der Waals surface area contributed by atoms with Crippen molar-refractivity contribution >= 4 is 0 Å². The van der Waals surface area contributed by atoms with Crippen LogP contribution < -0.4 is 4.74 Å². The smallest absolute Gasteiger partial charge is 0.216 e. The van der Waals surface area contributed by atoms with E-state index in [1.54, 1.807) is 30.7 Å². The molecule has 2 heterocycles. The second kappa shape index (κ2) is 10.0. The molecule has 6 nitrogen and oxygen atoms in total. The van der Waals surface area contributed by atoms with Gasteiger partial charge in [-0.05, 0) is 37.7 Å². The van der Waals surface area contributed by atoms with Crippen molar-refractivity contribution in [3.05, 3.63) is 77.5 Å². The normalized spacial score (nSPS) is 12.2. The number of ether oxygens (including phenoxy) is 1. The monoisotopic (exact) mass is 395 g/mol. The van der Waals surface area contributed by atoms with Crippen molar-refractivity contribution < 1.29 is 9.13 Å². The number of rotatable bonds is 9. The second-order valence-corrected chi connectivity index (χ2v) is 7.30. The van der Waals surface area contributed by atoms with Gasteiger partial charge in [-0.2, -0.15) is 4.98 Å². The van der Waals surface area contributed by atoms with Crippen LogP contribution in [-0.2, 0) is 12.8 Å². The van der Waals surface area contributed by atoms with Gasteiger partial charge in [0.15, 0.2) is 0 Å². The summed E-state index contributed by atoms with van der Waals surface area (Å²) >= 11 is 0. The zero-order valence-electron chi connectivity index (χ0n) is 17.0. The van der Waals surface area contributed by atoms with Gasteiger partial charge in [-0.25, -0.2) is 9.37 Å². The Labute approximate surface area is 170 Å². The fourth-order valence-electron chi connectivity index (χ4n) is 2.90. The molecule has 0 fully saturated rings. The Morgan fingerprint density at radius 3 is 2.55 bits per heavy atom.